The van der Waals surface area contributed by atoms with Gasteiger partial charge in [0.25, 0.3) is 0 Å². The summed E-state index contributed by atoms with van der Waals surface area (Å²) in [6, 6.07) is 0. The second kappa shape index (κ2) is 5.47. The number of rotatable bonds is 4. The van der Waals surface area contributed by atoms with Crippen LogP contribution in [0.15, 0.2) is 12.2 Å². The minimum Gasteiger partial charge on any atom is -0.0999 e. The van der Waals surface area contributed by atoms with Crippen molar-refractivity contribution >= 4 is 0 Å². The molecule has 0 aliphatic heterocycles. The van der Waals surface area contributed by atoms with Crippen LogP contribution in [-0.2, 0) is 0 Å². The van der Waals surface area contributed by atoms with Gasteiger partial charge in [0.2, 0.25) is 0 Å². The van der Waals surface area contributed by atoms with E-state index in [1.807, 2.05) is 0 Å². The Morgan fingerprint density at radius 1 is 1.38 bits per heavy atom. The molecule has 0 nitrogen and oxygen atoms in total. The maximum atomic E-state index is 4.07. The van der Waals surface area contributed by atoms with E-state index in [1.165, 1.54) is 50.5 Å². The molecule has 76 valence electrons. The Hall–Kier alpha value is -0.260. The molecule has 0 spiro atoms. The van der Waals surface area contributed by atoms with Gasteiger partial charge < -0.3 is 0 Å². The monoisotopic (exact) mass is 180 g/mol. The van der Waals surface area contributed by atoms with Crippen molar-refractivity contribution in [1.82, 2.24) is 0 Å². The first kappa shape index (κ1) is 10.8. The first-order valence-corrected chi connectivity index (χ1v) is 5.90. The van der Waals surface area contributed by atoms with Crippen molar-refractivity contribution in [3.05, 3.63) is 12.2 Å². The number of hydrogen-bond donors (Lipinski definition) is 0. The number of hydrogen-bond acceptors (Lipinski definition) is 0. The summed E-state index contributed by atoms with van der Waals surface area (Å²) in [6.45, 7) is 8.80. The predicted octanol–water partition coefficient (Wildman–Crippen LogP) is 4.56. The highest BCUT2D eigenvalue weighted by Crippen LogP contribution is 2.34. The lowest BCUT2D eigenvalue weighted by molar-refractivity contribution is 0.274. The summed E-state index contributed by atoms with van der Waals surface area (Å²) in [5, 5.41) is 0. The van der Waals surface area contributed by atoms with E-state index in [1.54, 1.807) is 0 Å². The lowest BCUT2D eigenvalue weighted by atomic mass is 9.77. The molecule has 13 heavy (non-hydrogen) atoms. The zero-order valence-electron chi connectivity index (χ0n) is 9.31. The molecule has 0 N–H and O–H groups in total. The first-order valence-electron chi connectivity index (χ1n) is 5.90. The van der Waals surface area contributed by atoms with Gasteiger partial charge in [0.1, 0.15) is 0 Å². The van der Waals surface area contributed by atoms with E-state index in [4.69, 9.17) is 0 Å². The van der Waals surface area contributed by atoms with Gasteiger partial charge in [0.15, 0.2) is 0 Å². The summed E-state index contributed by atoms with van der Waals surface area (Å²) in [4.78, 5) is 0. The van der Waals surface area contributed by atoms with E-state index in [0.717, 1.165) is 11.8 Å². The Morgan fingerprint density at radius 2 is 2.00 bits per heavy atom. The van der Waals surface area contributed by atoms with Gasteiger partial charge in [-0.05, 0) is 37.5 Å². The van der Waals surface area contributed by atoms with Gasteiger partial charge in [0.05, 0.1) is 0 Å². The van der Waals surface area contributed by atoms with Crippen LogP contribution in [0, 0.1) is 11.8 Å². The average Bonchev–Trinajstić information content (AvgIpc) is 2.15. The van der Waals surface area contributed by atoms with Crippen molar-refractivity contribution in [2.75, 3.05) is 0 Å². The zero-order valence-corrected chi connectivity index (χ0v) is 9.31. The maximum Gasteiger partial charge on any atom is -0.0320 e. The standard InChI is InChI=1S/C13H24/c1-4-5-6-12(3)13-9-7-11(2)8-10-13/h12-13H,2,4-10H2,1,3H3. The summed E-state index contributed by atoms with van der Waals surface area (Å²) in [7, 11) is 0. The lowest BCUT2D eigenvalue weighted by Crippen LogP contribution is -2.16. The molecule has 1 rings (SSSR count). The third-order valence-electron chi connectivity index (χ3n) is 3.56. The molecular weight excluding hydrogens is 156 g/mol. The highest BCUT2D eigenvalue weighted by atomic mass is 14.3. The molecular formula is C13H24. The molecule has 0 aromatic carbocycles. The summed E-state index contributed by atoms with van der Waals surface area (Å²) in [6.07, 6.45) is 9.60. The number of allylic oxidation sites excluding steroid dienone is 1. The lowest BCUT2D eigenvalue weighted by Gasteiger charge is -2.28. The van der Waals surface area contributed by atoms with Crippen molar-refractivity contribution < 1.29 is 0 Å². The van der Waals surface area contributed by atoms with Gasteiger partial charge in [-0.2, -0.15) is 0 Å². The second-order valence-corrected chi connectivity index (χ2v) is 4.71. The van der Waals surface area contributed by atoms with E-state index in [-0.39, 0.29) is 0 Å². The van der Waals surface area contributed by atoms with E-state index in [0.29, 0.717) is 0 Å². The van der Waals surface area contributed by atoms with Gasteiger partial charge >= 0.3 is 0 Å². The fourth-order valence-electron chi connectivity index (χ4n) is 2.38. The predicted molar refractivity (Wildman–Crippen MR) is 59.8 cm³/mol. The smallest absolute Gasteiger partial charge is 0.0320 e. The van der Waals surface area contributed by atoms with Crippen LogP contribution in [0.3, 0.4) is 0 Å². The third kappa shape index (κ3) is 3.54. The van der Waals surface area contributed by atoms with Gasteiger partial charge in [-0.25, -0.2) is 0 Å². The highest BCUT2D eigenvalue weighted by Gasteiger charge is 2.20. The van der Waals surface area contributed by atoms with Gasteiger partial charge in [-0.1, -0.05) is 45.3 Å². The molecule has 1 saturated carbocycles. The van der Waals surface area contributed by atoms with Crippen LogP contribution in [-0.4, -0.2) is 0 Å². The van der Waals surface area contributed by atoms with Gasteiger partial charge in [-0.15, -0.1) is 0 Å². The Bertz CT molecular complexity index is 147. The van der Waals surface area contributed by atoms with Crippen LogP contribution in [0.4, 0.5) is 0 Å². The summed E-state index contributed by atoms with van der Waals surface area (Å²) >= 11 is 0. The van der Waals surface area contributed by atoms with Crippen LogP contribution in [0.1, 0.15) is 58.8 Å². The fraction of sp³-hybridized carbons (Fsp3) is 0.846. The molecule has 1 aliphatic rings. The van der Waals surface area contributed by atoms with Crippen molar-refractivity contribution in [1.29, 1.82) is 0 Å². The van der Waals surface area contributed by atoms with Crippen LogP contribution < -0.4 is 0 Å². The summed E-state index contributed by atoms with van der Waals surface area (Å²) in [5.74, 6) is 1.95. The Labute approximate surface area is 83.4 Å². The van der Waals surface area contributed by atoms with Crippen LogP contribution in [0.25, 0.3) is 0 Å². The minimum absolute atomic E-state index is 0.952. The highest BCUT2D eigenvalue weighted by molar-refractivity contribution is 4.98. The normalized spacial score (nSPS) is 21.8. The van der Waals surface area contributed by atoms with Gasteiger partial charge in [-0.3, -0.25) is 0 Å². The zero-order chi connectivity index (χ0) is 9.68. The van der Waals surface area contributed by atoms with Crippen molar-refractivity contribution in [3.8, 4) is 0 Å². The van der Waals surface area contributed by atoms with Crippen molar-refractivity contribution in [3.63, 3.8) is 0 Å². The van der Waals surface area contributed by atoms with Gasteiger partial charge in [0, 0.05) is 0 Å². The molecule has 0 aromatic rings. The molecule has 1 aliphatic carbocycles. The Kier molecular flexibility index (Phi) is 4.55. The Morgan fingerprint density at radius 3 is 2.54 bits per heavy atom. The molecule has 0 aromatic heterocycles. The molecule has 1 atom stereocenters. The molecule has 0 bridgehead atoms. The third-order valence-corrected chi connectivity index (χ3v) is 3.56. The molecule has 0 radical (unpaired) electrons. The van der Waals surface area contributed by atoms with Crippen molar-refractivity contribution in [2.45, 2.75) is 58.8 Å². The fourth-order valence-corrected chi connectivity index (χ4v) is 2.38. The second-order valence-electron chi connectivity index (χ2n) is 4.71. The van der Waals surface area contributed by atoms with E-state index in [9.17, 15) is 0 Å². The molecule has 0 amide bonds. The topological polar surface area (TPSA) is 0 Å². The molecule has 1 fully saturated rings. The van der Waals surface area contributed by atoms with Crippen LogP contribution in [0.2, 0.25) is 0 Å². The quantitative estimate of drug-likeness (QED) is 0.556. The van der Waals surface area contributed by atoms with Crippen LogP contribution >= 0.6 is 0 Å². The molecule has 0 saturated heterocycles. The SMILES string of the molecule is C=C1CCC(C(C)CCCC)CC1. The summed E-state index contributed by atoms with van der Waals surface area (Å²) < 4.78 is 0. The minimum atomic E-state index is 0.952. The first-order chi connectivity index (χ1) is 6.24. The molecule has 1 unspecified atom stereocenters. The largest absolute Gasteiger partial charge is 0.0999 e. The molecule has 0 heteroatoms. The maximum absolute atomic E-state index is 4.07. The van der Waals surface area contributed by atoms with E-state index in [2.05, 4.69) is 20.4 Å². The number of unbranched alkanes of at least 4 members (excludes halogenated alkanes) is 1. The van der Waals surface area contributed by atoms with Crippen molar-refractivity contribution in [2.24, 2.45) is 11.8 Å². The summed E-state index contributed by atoms with van der Waals surface area (Å²) in [5.41, 5.74) is 1.49. The van der Waals surface area contributed by atoms with Crippen LogP contribution in [0.5, 0.6) is 0 Å². The Balaban J connectivity index is 2.23. The van der Waals surface area contributed by atoms with E-state index < -0.39 is 0 Å². The molecule has 0 heterocycles. The average molecular weight is 180 g/mol. The van der Waals surface area contributed by atoms with E-state index >= 15 is 0 Å².